The van der Waals surface area contributed by atoms with Crippen LogP contribution in [0.1, 0.15) is 23.4 Å². The van der Waals surface area contributed by atoms with Crippen LogP contribution in [0.5, 0.6) is 5.75 Å². The molecule has 0 aliphatic carbocycles. The highest BCUT2D eigenvalue weighted by molar-refractivity contribution is 7.99. The minimum Gasteiger partial charge on any atom is -0.493 e. The van der Waals surface area contributed by atoms with Crippen molar-refractivity contribution in [3.8, 4) is 5.75 Å². The van der Waals surface area contributed by atoms with E-state index in [-0.39, 0.29) is 5.82 Å². The van der Waals surface area contributed by atoms with Crippen molar-refractivity contribution in [1.82, 2.24) is 10.2 Å². The summed E-state index contributed by atoms with van der Waals surface area (Å²) in [6.45, 7) is 2.67. The predicted molar refractivity (Wildman–Crippen MR) is 95.5 cm³/mol. The normalized spacial score (nSPS) is 10.8. The number of benzene rings is 2. The summed E-state index contributed by atoms with van der Waals surface area (Å²) in [5.74, 6) is 1.97. The average Bonchev–Trinajstić information content (AvgIpc) is 3.03. The number of aryl methyl sites for hydroxylation is 1. The molecule has 0 atom stereocenters. The Morgan fingerprint density at radius 2 is 2.00 bits per heavy atom. The van der Waals surface area contributed by atoms with E-state index in [1.54, 1.807) is 6.07 Å². The number of rotatable bonds is 8. The van der Waals surface area contributed by atoms with E-state index in [0.717, 1.165) is 29.1 Å². The van der Waals surface area contributed by atoms with Crippen LogP contribution in [0.25, 0.3) is 0 Å². The predicted octanol–water partition coefficient (Wildman–Crippen LogP) is 4.67. The zero-order valence-corrected chi connectivity index (χ0v) is 14.8. The van der Waals surface area contributed by atoms with E-state index in [4.69, 9.17) is 9.15 Å². The Hall–Kier alpha value is -2.34. The first kappa shape index (κ1) is 17.5. The van der Waals surface area contributed by atoms with Gasteiger partial charge in [0, 0.05) is 5.75 Å². The smallest absolute Gasteiger partial charge is 0.276 e. The molecule has 0 unspecified atom stereocenters. The number of aromatic nitrogens is 2. The Kier molecular flexibility index (Phi) is 6.06. The lowest BCUT2D eigenvalue weighted by atomic mass is 10.1. The number of nitrogens with zero attached hydrogens (tertiary/aromatic N) is 2. The van der Waals surface area contributed by atoms with Crippen LogP contribution in [0.15, 0.2) is 58.2 Å². The highest BCUT2D eigenvalue weighted by Gasteiger charge is 2.08. The molecule has 1 heterocycles. The molecule has 3 aromatic rings. The van der Waals surface area contributed by atoms with Crippen molar-refractivity contribution < 1.29 is 13.5 Å². The zero-order chi connectivity index (χ0) is 17.5. The van der Waals surface area contributed by atoms with Gasteiger partial charge < -0.3 is 9.15 Å². The first-order chi connectivity index (χ1) is 12.2. The van der Waals surface area contributed by atoms with E-state index in [2.05, 4.69) is 10.2 Å². The Balaban J connectivity index is 1.41. The fourth-order valence-electron chi connectivity index (χ4n) is 2.31. The molecule has 0 aliphatic rings. The van der Waals surface area contributed by atoms with Crippen LogP contribution >= 0.6 is 11.8 Å². The fraction of sp³-hybridized carbons (Fsp3) is 0.263. The SMILES string of the molecule is Cc1ccccc1OCCCSc1nnc(Cc2cccc(F)c2)o1. The van der Waals surface area contributed by atoms with Gasteiger partial charge in [-0.3, -0.25) is 0 Å². The number of hydrogen-bond donors (Lipinski definition) is 0. The van der Waals surface area contributed by atoms with Crippen molar-refractivity contribution >= 4 is 11.8 Å². The van der Waals surface area contributed by atoms with E-state index >= 15 is 0 Å². The number of thioether (sulfide) groups is 1. The van der Waals surface area contributed by atoms with Gasteiger partial charge in [0.05, 0.1) is 13.0 Å². The molecule has 4 nitrogen and oxygen atoms in total. The van der Waals surface area contributed by atoms with Crippen molar-refractivity contribution in [3.63, 3.8) is 0 Å². The standard InChI is InChI=1S/C19H19FN2O2S/c1-14-6-2-3-9-17(14)23-10-5-11-25-19-22-21-18(24-19)13-15-7-4-8-16(20)12-15/h2-4,6-9,12H,5,10-11,13H2,1H3. The maximum absolute atomic E-state index is 13.2. The van der Waals surface area contributed by atoms with Crippen LogP contribution in [0.3, 0.4) is 0 Å². The second kappa shape index (κ2) is 8.67. The molecule has 3 rings (SSSR count). The minimum atomic E-state index is -0.264. The largest absolute Gasteiger partial charge is 0.493 e. The molecule has 130 valence electrons. The van der Waals surface area contributed by atoms with E-state index in [9.17, 15) is 4.39 Å². The van der Waals surface area contributed by atoms with Gasteiger partial charge in [-0.1, -0.05) is 42.1 Å². The summed E-state index contributed by atoms with van der Waals surface area (Å²) in [4.78, 5) is 0. The molecule has 0 saturated carbocycles. The summed E-state index contributed by atoms with van der Waals surface area (Å²) in [5.41, 5.74) is 1.95. The van der Waals surface area contributed by atoms with E-state index in [0.29, 0.717) is 24.1 Å². The summed E-state index contributed by atoms with van der Waals surface area (Å²) in [7, 11) is 0. The third-order valence-electron chi connectivity index (χ3n) is 3.56. The molecule has 0 spiro atoms. The molecular weight excluding hydrogens is 339 g/mol. The van der Waals surface area contributed by atoms with Crippen LogP contribution in [0.4, 0.5) is 4.39 Å². The zero-order valence-electron chi connectivity index (χ0n) is 13.9. The van der Waals surface area contributed by atoms with Crippen molar-refractivity contribution in [1.29, 1.82) is 0 Å². The van der Waals surface area contributed by atoms with Crippen molar-refractivity contribution in [3.05, 3.63) is 71.4 Å². The van der Waals surface area contributed by atoms with Crippen LogP contribution in [0, 0.1) is 12.7 Å². The van der Waals surface area contributed by atoms with E-state index < -0.39 is 0 Å². The third-order valence-corrected chi connectivity index (χ3v) is 4.46. The maximum Gasteiger partial charge on any atom is 0.276 e. The number of para-hydroxylation sites is 1. The molecule has 0 fully saturated rings. The molecule has 1 aromatic heterocycles. The fourth-order valence-corrected chi connectivity index (χ4v) is 3.00. The average molecular weight is 358 g/mol. The van der Waals surface area contributed by atoms with Gasteiger partial charge in [-0.2, -0.15) is 0 Å². The Morgan fingerprint density at radius 3 is 2.84 bits per heavy atom. The van der Waals surface area contributed by atoms with Crippen LogP contribution < -0.4 is 4.74 Å². The molecule has 25 heavy (non-hydrogen) atoms. The lowest BCUT2D eigenvalue weighted by molar-refractivity contribution is 0.316. The van der Waals surface area contributed by atoms with Crippen LogP contribution in [-0.4, -0.2) is 22.6 Å². The molecule has 0 N–H and O–H groups in total. The first-order valence-corrected chi connectivity index (χ1v) is 9.07. The first-order valence-electron chi connectivity index (χ1n) is 8.09. The quantitative estimate of drug-likeness (QED) is 0.433. The summed E-state index contributed by atoms with van der Waals surface area (Å²) in [6.07, 6.45) is 1.31. The van der Waals surface area contributed by atoms with E-state index in [1.807, 2.05) is 37.3 Å². The Bertz CT molecular complexity index is 822. The van der Waals surface area contributed by atoms with Gasteiger partial charge in [0.25, 0.3) is 5.22 Å². The maximum atomic E-state index is 13.2. The van der Waals surface area contributed by atoms with Crippen LogP contribution in [-0.2, 0) is 6.42 Å². The Labute approximate surface area is 150 Å². The van der Waals surface area contributed by atoms with E-state index in [1.165, 1.54) is 23.9 Å². The highest BCUT2D eigenvalue weighted by Crippen LogP contribution is 2.20. The summed E-state index contributed by atoms with van der Waals surface area (Å²) in [6, 6.07) is 14.4. The van der Waals surface area contributed by atoms with Gasteiger partial charge in [-0.05, 0) is 42.7 Å². The Morgan fingerprint density at radius 1 is 1.12 bits per heavy atom. The molecule has 0 aliphatic heterocycles. The monoisotopic (exact) mass is 358 g/mol. The summed E-state index contributed by atoms with van der Waals surface area (Å²) < 4.78 is 24.5. The summed E-state index contributed by atoms with van der Waals surface area (Å²) >= 11 is 1.50. The summed E-state index contributed by atoms with van der Waals surface area (Å²) in [5, 5.41) is 8.55. The number of ether oxygens (including phenoxy) is 1. The lowest BCUT2D eigenvalue weighted by Gasteiger charge is -2.07. The molecule has 0 saturated heterocycles. The molecule has 0 radical (unpaired) electrons. The molecule has 0 amide bonds. The van der Waals surface area contributed by atoms with Gasteiger partial charge in [0.1, 0.15) is 11.6 Å². The molecule has 6 heteroatoms. The minimum absolute atomic E-state index is 0.264. The van der Waals surface area contributed by atoms with Crippen LogP contribution in [0.2, 0.25) is 0 Å². The molecule has 2 aromatic carbocycles. The second-order valence-electron chi connectivity index (χ2n) is 5.58. The lowest BCUT2D eigenvalue weighted by Crippen LogP contribution is -1.99. The van der Waals surface area contributed by atoms with Gasteiger partial charge >= 0.3 is 0 Å². The van der Waals surface area contributed by atoms with Gasteiger partial charge in [-0.15, -0.1) is 10.2 Å². The second-order valence-corrected chi connectivity index (χ2v) is 6.63. The molecular formula is C19H19FN2O2S. The highest BCUT2D eigenvalue weighted by atomic mass is 32.2. The number of hydrogen-bond acceptors (Lipinski definition) is 5. The van der Waals surface area contributed by atoms with Gasteiger partial charge in [0.15, 0.2) is 0 Å². The third kappa shape index (κ3) is 5.32. The van der Waals surface area contributed by atoms with Gasteiger partial charge in [-0.25, -0.2) is 4.39 Å². The molecule has 0 bridgehead atoms. The van der Waals surface area contributed by atoms with Gasteiger partial charge in [0.2, 0.25) is 5.89 Å². The topological polar surface area (TPSA) is 48.2 Å². The number of halogens is 1. The van der Waals surface area contributed by atoms with Crippen molar-refractivity contribution in [2.75, 3.05) is 12.4 Å². The van der Waals surface area contributed by atoms with Crippen molar-refractivity contribution in [2.45, 2.75) is 25.0 Å². The van der Waals surface area contributed by atoms with Crippen molar-refractivity contribution in [2.24, 2.45) is 0 Å².